The molecule has 0 amide bonds. The zero-order valence-electron chi connectivity index (χ0n) is 18.4. The average molecular weight is 431 g/mol. The molecule has 0 aliphatic heterocycles. The number of halogens is 2. The Balaban J connectivity index is 2.42. The van der Waals surface area contributed by atoms with Crippen molar-refractivity contribution in [1.29, 1.82) is 0 Å². The highest BCUT2D eigenvalue weighted by Crippen LogP contribution is 2.36. The van der Waals surface area contributed by atoms with Crippen LogP contribution in [0.1, 0.15) is 85.0 Å². The molecule has 0 bridgehead atoms. The number of ether oxygens (including phenoxy) is 1. The molecule has 0 aromatic carbocycles. The Bertz CT molecular complexity index is 600. The number of carbonyl (C=O) groups is 3. The van der Waals surface area contributed by atoms with Gasteiger partial charge in [-0.3, -0.25) is 14.4 Å². The lowest BCUT2D eigenvalue weighted by atomic mass is 9.86. The fourth-order valence-electron chi connectivity index (χ4n) is 3.90. The number of unbranched alkanes of at least 4 members (excludes halogenated alkanes) is 1. The number of rotatable bonds is 14. The molecule has 0 heterocycles. The fraction of sp³-hybridized carbons (Fsp3) is 0.783. The van der Waals surface area contributed by atoms with Crippen molar-refractivity contribution in [3.8, 4) is 0 Å². The first-order chi connectivity index (χ1) is 14.1. The van der Waals surface area contributed by atoms with E-state index < -0.39 is 24.2 Å². The third-order valence-electron chi connectivity index (χ3n) is 5.42. The molecule has 0 spiro atoms. The monoisotopic (exact) mass is 430 g/mol. The first-order valence-corrected chi connectivity index (χ1v) is 11.0. The number of hydrogen-bond acceptors (Lipinski definition) is 5. The molecule has 1 aliphatic carbocycles. The van der Waals surface area contributed by atoms with E-state index in [1.165, 1.54) is 0 Å². The lowest BCUT2D eigenvalue weighted by Crippen LogP contribution is -2.28. The summed E-state index contributed by atoms with van der Waals surface area (Å²) in [6.07, 6.45) is 5.26. The first kappa shape index (κ1) is 26.4. The topological polar surface area (TPSA) is 80.7 Å². The SMILES string of the molecule is CCCC(F)(F)C(=O)CCC[C@H]1[C@H](O)CC(=O)[C@@H]1CC=CCCCC(=O)OC(C)C. The van der Waals surface area contributed by atoms with Gasteiger partial charge in [0.15, 0.2) is 0 Å². The minimum atomic E-state index is -3.29. The van der Waals surface area contributed by atoms with Crippen LogP contribution in [0.15, 0.2) is 12.2 Å². The van der Waals surface area contributed by atoms with E-state index in [-0.39, 0.29) is 55.4 Å². The smallest absolute Gasteiger partial charge is 0.306 e. The molecule has 1 N–H and O–H groups in total. The summed E-state index contributed by atoms with van der Waals surface area (Å²) in [5.41, 5.74) is 0. The summed E-state index contributed by atoms with van der Waals surface area (Å²) < 4.78 is 32.3. The van der Waals surface area contributed by atoms with Crippen LogP contribution in [0.25, 0.3) is 0 Å². The van der Waals surface area contributed by atoms with Crippen LogP contribution < -0.4 is 0 Å². The van der Waals surface area contributed by atoms with E-state index in [1.54, 1.807) is 20.8 Å². The van der Waals surface area contributed by atoms with Crippen molar-refractivity contribution < 1.29 is 33.0 Å². The number of Topliss-reactive ketones (excluding diaryl/α,β-unsaturated/α-hetero) is 2. The van der Waals surface area contributed by atoms with E-state index in [4.69, 9.17) is 4.74 Å². The lowest BCUT2D eigenvalue weighted by molar-refractivity contribution is -0.147. The lowest BCUT2D eigenvalue weighted by Gasteiger charge is -2.20. The van der Waals surface area contributed by atoms with Gasteiger partial charge in [0.05, 0.1) is 12.2 Å². The van der Waals surface area contributed by atoms with E-state index >= 15 is 0 Å². The van der Waals surface area contributed by atoms with Crippen molar-refractivity contribution in [2.24, 2.45) is 11.8 Å². The number of alkyl halides is 2. The van der Waals surface area contributed by atoms with Gasteiger partial charge in [-0.1, -0.05) is 19.1 Å². The van der Waals surface area contributed by atoms with Gasteiger partial charge in [0.25, 0.3) is 0 Å². The molecular weight excluding hydrogens is 394 g/mol. The van der Waals surface area contributed by atoms with Crippen LogP contribution >= 0.6 is 0 Å². The second-order valence-corrected chi connectivity index (χ2v) is 8.42. The normalized spacial score (nSPS) is 22.2. The number of aliphatic hydroxyl groups excluding tert-OH is 1. The second-order valence-electron chi connectivity index (χ2n) is 8.42. The van der Waals surface area contributed by atoms with E-state index in [2.05, 4.69) is 0 Å². The van der Waals surface area contributed by atoms with Crippen molar-refractivity contribution in [2.45, 2.75) is 103 Å². The minimum Gasteiger partial charge on any atom is -0.463 e. The van der Waals surface area contributed by atoms with E-state index in [0.29, 0.717) is 32.1 Å². The number of allylic oxidation sites excluding steroid dienone is 2. The van der Waals surface area contributed by atoms with Crippen LogP contribution in [0.4, 0.5) is 8.78 Å². The zero-order chi connectivity index (χ0) is 22.7. The number of hydrogen-bond donors (Lipinski definition) is 1. The Hall–Kier alpha value is -1.63. The van der Waals surface area contributed by atoms with Gasteiger partial charge in [-0.15, -0.1) is 0 Å². The molecule has 0 unspecified atom stereocenters. The Labute approximate surface area is 178 Å². The van der Waals surface area contributed by atoms with E-state index in [0.717, 1.165) is 0 Å². The van der Waals surface area contributed by atoms with Crippen LogP contribution in [0, 0.1) is 11.8 Å². The number of carbonyl (C=O) groups excluding carboxylic acids is 3. The van der Waals surface area contributed by atoms with Crippen LogP contribution in [0.3, 0.4) is 0 Å². The van der Waals surface area contributed by atoms with Crippen molar-refractivity contribution in [3.05, 3.63) is 12.2 Å². The number of ketones is 2. The van der Waals surface area contributed by atoms with Gasteiger partial charge in [0.1, 0.15) is 5.78 Å². The second kappa shape index (κ2) is 12.9. The van der Waals surface area contributed by atoms with Crippen molar-refractivity contribution in [3.63, 3.8) is 0 Å². The average Bonchev–Trinajstić information content (AvgIpc) is 2.90. The maximum Gasteiger partial charge on any atom is 0.306 e. The summed E-state index contributed by atoms with van der Waals surface area (Å²) in [5, 5.41) is 10.2. The maximum absolute atomic E-state index is 13.6. The summed E-state index contributed by atoms with van der Waals surface area (Å²) in [4.78, 5) is 35.4. The zero-order valence-corrected chi connectivity index (χ0v) is 18.4. The quantitative estimate of drug-likeness (QED) is 0.243. The van der Waals surface area contributed by atoms with Crippen LogP contribution in [0.5, 0.6) is 0 Å². The molecule has 172 valence electrons. The highest BCUT2D eigenvalue weighted by atomic mass is 19.3. The van der Waals surface area contributed by atoms with E-state index in [1.807, 2.05) is 12.2 Å². The molecular formula is C23H36F2O5. The van der Waals surface area contributed by atoms with E-state index in [9.17, 15) is 28.3 Å². The summed E-state index contributed by atoms with van der Waals surface area (Å²) >= 11 is 0. The molecule has 1 fully saturated rings. The molecule has 0 saturated heterocycles. The minimum absolute atomic E-state index is 0.0275. The molecule has 7 heteroatoms. The predicted molar refractivity (Wildman–Crippen MR) is 110 cm³/mol. The van der Waals surface area contributed by atoms with Gasteiger partial charge >= 0.3 is 11.9 Å². The third-order valence-corrected chi connectivity index (χ3v) is 5.42. The molecule has 30 heavy (non-hydrogen) atoms. The van der Waals surface area contributed by atoms with Crippen LogP contribution in [-0.2, 0) is 19.1 Å². The largest absolute Gasteiger partial charge is 0.463 e. The van der Waals surface area contributed by atoms with Gasteiger partial charge in [-0.2, -0.15) is 8.78 Å². The number of esters is 1. The summed E-state index contributed by atoms with van der Waals surface area (Å²) in [6, 6.07) is 0. The molecule has 0 aromatic heterocycles. The van der Waals surface area contributed by atoms with Crippen LogP contribution in [-0.4, -0.2) is 40.8 Å². The van der Waals surface area contributed by atoms with Gasteiger partial charge in [-0.05, 0) is 58.3 Å². The molecule has 1 rings (SSSR count). The fourth-order valence-corrected chi connectivity index (χ4v) is 3.90. The Morgan fingerprint density at radius 3 is 2.57 bits per heavy atom. The molecule has 0 aromatic rings. The highest BCUT2D eigenvalue weighted by Gasteiger charge is 2.41. The summed E-state index contributed by atoms with van der Waals surface area (Å²) in [7, 11) is 0. The van der Waals surface area contributed by atoms with Gasteiger partial charge in [0, 0.05) is 31.6 Å². The first-order valence-electron chi connectivity index (χ1n) is 11.0. The molecule has 1 aliphatic rings. The molecule has 1 saturated carbocycles. The standard InChI is InChI=1S/C23H36F2O5/c1-4-14-23(24,25)21(28)12-9-11-18-17(19(26)15-20(18)27)10-7-5-6-8-13-22(29)30-16(2)3/h5,7,16-18,20,27H,4,6,8-15H2,1-3H3/t17-,18-,20-/m1/s1. The predicted octanol–water partition coefficient (Wildman–Crippen LogP) is 4.80. The number of aliphatic hydroxyl groups is 1. The van der Waals surface area contributed by atoms with Crippen molar-refractivity contribution in [2.75, 3.05) is 0 Å². The van der Waals surface area contributed by atoms with Crippen LogP contribution in [0.2, 0.25) is 0 Å². The summed E-state index contributed by atoms with van der Waals surface area (Å²) in [6.45, 7) is 5.21. The molecule has 3 atom stereocenters. The molecule has 0 radical (unpaired) electrons. The van der Waals surface area contributed by atoms with Crippen molar-refractivity contribution in [1.82, 2.24) is 0 Å². The Morgan fingerprint density at radius 1 is 1.23 bits per heavy atom. The van der Waals surface area contributed by atoms with Gasteiger partial charge in [-0.25, -0.2) is 0 Å². The third kappa shape index (κ3) is 9.02. The maximum atomic E-state index is 13.6. The molecule has 5 nitrogen and oxygen atoms in total. The van der Waals surface area contributed by atoms with Crippen molar-refractivity contribution >= 4 is 17.5 Å². The highest BCUT2D eigenvalue weighted by molar-refractivity contribution is 5.85. The Kier molecular flexibility index (Phi) is 11.4. The summed E-state index contributed by atoms with van der Waals surface area (Å²) in [5.74, 6) is -5.27. The Morgan fingerprint density at radius 2 is 1.93 bits per heavy atom. The van der Waals surface area contributed by atoms with Gasteiger partial charge < -0.3 is 9.84 Å². The van der Waals surface area contributed by atoms with Gasteiger partial charge in [0.2, 0.25) is 5.78 Å².